The highest BCUT2D eigenvalue weighted by molar-refractivity contribution is 5.96. The fraction of sp³-hybridized carbons (Fsp3) is 0.385. The van der Waals surface area contributed by atoms with Crippen molar-refractivity contribution in [3.05, 3.63) is 101 Å². The van der Waals surface area contributed by atoms with Gasteiger partial charge >= 0.3 is 0 Å². The van der Waals surface area contributed by atoms with Gasteiger partial charge in [0, 0.05) is 81.8 Å². The van der Waals surface area contributed by atoms with Crippen molar-refractivity contribution in [3.63, 3.8) is 0 Å². The Morgan fingerprint density at radius 2 is 1.90 bits per heavy atom. The summed E-state index contributed by atoms with van der Waals surface area (Å²) in [4.78, 5) is 22.9. The normalized spacial score (nSPS) is 18.4. The van der Waals surface area contributed by atoms with Crippen LogP contribution in [0.1, 0.15) is 48.0 Å². The maximum atomic E-state index is 15.4. The van der Waals surface area contributed by atoms with Crippen LogP contribution in [0.2, 0.25) is 0 Å². The molecule has 6 rings (SSSR count). The number of imidazole rings is 1. The molecule has 0 saturated carbocycles. The number of nitrogens with one attached hydrogen (secondary N) is 2. The molecule has 51 heavy (non-hydrogen) atoms. The van der Waals surface area contributed by atoms with Gasteiger partial charge in [-0.05, 0) is 62.6 Å². The number of amides is 1. The first-order chi connectivity index (χ1) is 24.5. The zero-order chi connectivity index (χ0) is 36.3. The summed E-state index contributed by atoms with van der Waals surface area (Å²) in [6, 6.07) is 9.14. The van der Waals surface area contributed by atoms with E-state index >= 15 is 4.39 Å². The molecule has 1 aliphatic carbocycles. The van der Waals surface area contributed by atoms with Crippen LogP contribution in [0.15, 0.2) is 72.5 Å². The standard InChI is InChI=1S/C39H44FN9O2/c1-26-19-33(40)32(20-28(26)8-10-31-22-42-37-35(7-6-12-49(31)37)44-30-21-43-46(5)24-30)38(51)45-34-11-9-29(36(27(34)2)39(3,4)25-41)23-48-15-13-47(14-16-48)17-18-50/h6-7,9,11-12,19-22,24,27,36,44,50H,13-18,23H2,1-5H3,(H,45,51). The number of aryl methyl sites for hydroxylation is 2. The van der Waals surface area contributed by atoms with Gasteiger partial charge in [-0.1, -0.05) is 24.5 Å². The summed E-state index contributed by atoms with van der Waals surface area (Å²) in [5.74, 6) is 4.73. The van der Waals surface area contributed by atoms with E-state index in [2.05, 4.69) is 48.4 Å². The number of β-amino-alcohol motifs (C(OH)–C–C–N with tert-alkyl or cyclic N) is 1. The topological polar surface area (TPSA) is 127 Å². The Morgan fingerprint density at radius 3 is 2.61 bits per heavy atom. The van der Waals surface area contributed by atoms with Crippen LogP contribution in [-0.2, 0) is 7.05 Å². The van der Waals surface area contributed by atoms with Gasteiger partial charge in [-0.2, -0.15) is 10.4 Å². The molecule has 1 saturated heterocycles. The average molecular weight is 690 g/mol. The quantitative estimate of drug-likeness (QED) is 0.218. The van der Waals surface area contributed by atoms with Crippen LogP contribution in [0, 0.1) is 53.2 Å². The fourth-order valence-corrected chi connectivity index (χ4v) is 7.14. The molecule has 1 aliphatic heterocycles. The zero-order valence-electron chi connectivity index (χ0n) is 29.7. The van der Waals surface area contributed by atoms with Crippen LogP contribution in [0.25, 0.3) is 5.65 Å². The third-order valence-corrected chi connectivity index (χ3v) is 9.88. The van der Waals surface area contributed by atoms with Crippen LogP contribution < -0.4 is 10.6 Å². The van der Waals surface area contributed by atoms with Gasteiger partial charge in [0.2, 0.25) is 0 Å². The molecule has 1 aromatic carbocycles. The predicted molar refractivity (Wildman–Crippen MR) is 194 cm³/mol. The van der Waals surface area contributed by atoms with Gasteiger partial charge in [0.1, 0.15) is 11.5 Å². The lowest BCUT2D eigenvalue weighted by Crippen LogP contribution is -2.49. The number of fused-ring (bicyclic) bond motifs is 1. The highest BCUT2D eigenvalue weighted by atomic mass is 19.1. The van der Waals surface area contributed by atoms with E-state index in [4.69, 9.17) is 0 Å². The predicted octanol–water partition coefficient (Wildman–Crippen LogP) is 4.62. The second-order valence-corrected chi connectivity index (χ2v) is 13.9. The van der Waals surface area contributed by atoms with Crippen molar-refractivity contribution < 1.29 is 14.3 Å². The third-order valence-electron chi connectivity index (χ3n) is 9.88. The fourth-order valence-electron chi connectivity index (χ4n) is 7.14. The molecule has 4 heterocycles. The van der Waals surface area contributed by atoms with Crippen molar-refractivity contribution in [2.75, 3.05) is 51.2 Å². The van der Waals surface area contributed by atoms with E-state index in [0.29, 0.717) is 41.3 Å². The zero-order valence-corrected chi connectivity index (χ0v) is 29.7. The van der Waals surface area contributed by atoms with Crippen molar-refractivity contribution in [3.8, 4) is 17.9 Å². The Bertz CT molecular complexity index is 2100. The maximum Gasteiger partial charge on any atom is 0.258 e. The van der Waals surface area contributed by atoms with E-state index < -0.39 is 17.1 Å². The van der Waals surface area contributed by atoms with Crippen molar-refractivity contribution in [1.29, 1.82) is 5.26 Å². The van der Waals surface area contributed by atoms with Crippen LogP contribution in [0.3, 0.4) is 0 Å². The molecule has 0 radical (unpaired) electrons. The van der Waals surface area contributed by atoms with Crippen molar-refractivity contribution >= 4 is 22.9 Å². The van der Waals surface area contributed by atoms with Crippen molar-refractivity contribution in [2.45, 2.75) is 27.7 Å². The molecule has 12 heteroatoms. The number of hydrogen-bond acceptors (Lipinski definition) is 8. The van der Waals surface area contributed by atoms with Crippen LogP contribution >= 0.6 is 0 Å². The molecule has 0 spiro atoms. The number of piperazine rings is 1. The van der Waals surface area contributed by atoms with Crippen LogP contribution in [-0.4, -0.2) is 85.9 Å². The summed E-state index contributed by atoms with van der Waals surface area (Å²) in [5, 5.41) is 30.0. The summed E-state index contributed by atoms with van der Waals surface area (Å²) in [5.41, 5.74) is 5.03. The molecule has 0 bridgehead atoms. The molecule has 2 aliphatic rings. The number of hydrogen-bond donors (Lipinski definition) is 3. The second kappa shape index (κ2) is 14.9. The van der Waals surface area contributed by atoms with Gasteiger partial charge in [0.05, 0.1) is 47.4 Å². The third kappa shape index (κ3) is 7.74. The minimum absolute atomic E-state index is 0.106. The lowest BCUT2D eigenvalue weighted by molar-refractivity contribution is 0.0950. The number of aliphatic hydroxyl groups is 1. The lowest BCUT2D eigenvalue weighted by atomic mass is 9.66. The van der Waals surface area contributed by atoms with E-state index in [-0.39, 0.29) is 24.0 Å². The largest absolute Gasteiger partial charge is 0.395 e. The summed E-state index contributed by atoms with van der Waals surface area (Å²) in [7, 11) is 1.85. The van der Waals surface area contributed by atoms with Crippen LogP contribution in [0.4, 0.5) is 15.8 Å². The van der Waals surface area contributed by atoms with Gasteiger partial charge in [0.15, 0.2) is 5.65 Å². The maximum absolute atomic E-state index is 15.4. The number of anilines is 2. The second-order valence-electron chi connectivity index (χ2n) is 13.9. The Hall–Kier alpha value is -5.27. The number of rotatable bonds is 9. The van der Waals surface area contributed by atoms with E-state index in [1.807, 2.05) is 68.9 Å². The molecule has 11 nitrogen and oxygen atoms in total. The average Bonchev–Trinajstić information content (AvgIpc) is 3.72. The number of pyridine rings is 1. The van der Waals surface area contributed by atoms with Crippen molar-refractivity contribution in [2.24, 2.45) is 24.3 Å². The summed E-state index contributed by atoms with van der Waals surface area (Å²) >= 11 is 0. The molecule has 3 aromatic heterocycles. The number of benzene rings is 1. The first-order valence-electron chi connectivity index (χ1n) is 17.2. The minimum atomic E-state index is -0.709. The van der Waals surface area contributed by atoms with Gasteiger partial charge in [-0.3, -0.25) is 23.7 Å². The lowest BCUT2D eigenvalue weighted by Gasteiger charge is -2.41. The summed E-state index contributed by atoms with van der Waals surface area (Å²) < 4.78 is 18.9. The molecular weight excluding hydrogens is 645 g/mol. The SMILES string of the molecule is Cc1cc(F)c(C(=O)NC2=CC=C(CN3CCN(CCO)CC3)C(C(C)(C)C#N)C2C)cc1C#Cc1cnc2c(Nc3cnn(C)c3)cccn12. The number of carbonyl (C=O) groups excluding carboxylic acids is 1. The number of carbonyl (C=O) groups is 1. The number of aromatic nitrogens is 4. The van der Waals surface area contributed by atoms with Crippen LogP contribution in [0.5, 0.6) is 0 Å². The number of nitriles is 1. The Balaban J connectivity index is 1.22. The van der Waals surface area contributed by atoms with Gasteiger partial charge in [-0.15, -0.1) is 0 Å². The molecule has 1 amide bonds. The van der Waals surface area contributed by atoms with E-state index in [9.17, 15) is 15.2 Å². The number of aliphatic hydroxyl groups excluding tert-OH is 1. The molecule has 2 atom stereocenters. The van der Waals surface area contributed by atoms with Gasteiger partial charge < -0.3 is 15.7 Å². The number of nitrogens with zero attached hydrogens (tertiary/aromatic N) is 7. The first-order valence-corrected chi connectivity index (χ1v) is 17.2. The van der Waals surface area contributed by atoms with E-state index in [1.54, 1.807) is 24.0 Å². The van der Waals surface area contributed by atoms with E-state index in [0.717, 1.165) is 43.1 Å². The highest BCUT2D eigenvalue weighted by Gasteiger charge is 2.40. The van der Waals surface area contributed by atoms with Crippen molar-refractivity contribution in [1.82, 2.24) is 34.3 Å². The monoisotopic (exact) mass is 689 g/mol. The Morgan fingerprint density at radius 1 is 1.14 bits per heavy atom. The summed E-state index contributed by atoms with van der Waals surface area (Å²) in [6.07, 6.45) is 11.0. The number of halogens is 1. The molecule has 1 fully saturated rings. The molecular formula is C39H44FN9O2. The molecule has 264 valence electrons. The highest BCUT2D eigenvalue weighted by Crippen LogP contribution is 2.43. The Kier molecular flexibility index (Phi) is 10.4. The number of allylic oxidation sites excluding steroid dienone is 3. The van der Waals surface area contributed by atoms with Gasteiger partial charge in [-0.25, -0.2) is 9.37 Å². The molecule has 3 N–H and O–H groups in total. The van der Waals surface area contributed by atoms with Gasteiger partial charge in [0.25, 0.3) is 5.91 Å². The first kappa shape index (κ1) is 35.6. The molecule has 2 unspecified atom stereocenters. The summed E-state index contributed by atoms with van der Waals surface area (Å²) in [6.45, 7) is 12.7. The smallest absolute Gasteiger partial charge is 0.258 e. The van der Waals surface area contributed by atoms with E-state index in [1.165, 1.54) is 12.1 Å². The minimum Gasteiger partial charge on any atom is -0.395 e. The Labute approximate surface area is 298 Å². The molecule has 4 aromatic rings.